The fourth-order valence-corrected chi connectivity index (χ4v) is 3.22. The lowest BCUT2D eigenvalue weighted by Gasteiger charge is -2.23. The molecule has 29 heavy (non-hydrogen) atoms. The molecule has 0 saturated carbocycles. The molecule has 0 aliphatic carbocycles. The first-order chi connectivity index (χ1) is 14.1. The number of nitrogens with two attached hydrogens (primary N) is 1. The number of ether oxygens (including phenoxy) is 1. The van der Waals surface area contributed by atoms with Crippen LogP contribution in [0.15, 0.2) is 71.7 Å². The molecule has 0 amide bonds. The predicted molar refractivity (Wildman–Crippen MR) is 122 cm³/mol. The van der Waals surface area contributed by atoms with Crippen LogP contribution in [0.5, 0.6) is 11.5 Å². The van der Waals surface area contributed by atoms with Crippen LogP contribution in [0.25, 0.3) is 0 Å². The Morgan fingerprint density at radius 3 is 2.21 bits per heavy atom. The Balaban J connectivity index is 0.000000166. The maximum atomic E-state index is 5.83. The van der Waals surface area contributed by atoms with Gasteiger partial charge in [-0.25, -0.2) is 0 Å². The SMILES string of the molecule is CCCN=C(N)Cc1ccc(C)c(C)c1.c1ccc(Cc2c3cccc2O3)cc1. The third-order valence-electron chi connectivity index (χ3n) is 5.03. The van der Waals surface area contributed by atoms with Gasteiger partial charge in [-0.1, -0.05) is 61.5 Å². The minimum atomic E-state index is 0.736. The Hall–Kier alpha value is -3.07. The average Bonchev–Trinajstić information content (AvgIpc) is 2.75. The highest BCUT2D eigenvalue weighted by molar-refractivity contribution is 5.82. The third-order valence-corrected chi connectivity index (χ3v) is 5.03. The van der Waals surface area contributed by atoms with Crippen LogP contribution in [0, 0.1) is 13.8 Å². The Morgan fingerprint density at radius 1 is 0.862 bits per heavy atom. The fraction of sp³-hybridized carbons (Fsp3) is 0.269. The first kappa shape index (κ1) is 20.7. The molecule has 1 heterocycles. The van der Waals surface area contributed by atoms with E-state index < -0.39 is 0 Å². The standard InChI is InChI=1S/C13H20N2.C13H10O/c1-4-7-15-13(14)9-12-6-5-10(2)11(3)8-12;1-2-5-10(6-3-1)9-11-12-7-4-8-13(11)14-12/h5-6,8H,4,7,9H2,1-3H3,(H2,14,15);1-8H,9H2. The first-order valence-corrected chi connectivity index (χ1v) is 10.3. The van der Waals surface area contributed by atoms with E-state index in [9.17, 15) is 0 Å². The summed E-state index contributed by atoms with van der Waals surface area (Å²) < 4.78 is 5.41. The van der Waals surface area contributed by atoms with Crippen LogP contribution >= 0.6 is 0 Å². The van der Waals surface area contributed by atoms with Crippen LogP contribution in [-0.2, 0) is 12.8 Å². The average molecular weight is 387 g/mol. The smallest absolute Gasteiger partial charge is 0.134 e. The van der Waals surface area contributed by atoms with Crippen LogP contribution in [0.2, 0.25) is 0 Å². The minimum absolute atomic E-state index is 0.736. The van der Waals surface area contributed by atoms with Crippen molar-refractivity contribution >= 4 is 5.84 Å². The van der Waals surface area contributed by atoms with Gasteiger partial charge in [-0.3, -0.25) is 4.99 Å². The van der Waals surface area contributed by atoms with Gasteiger partial charge in [0.2, 0.25) is 0 Å². The second kappa shape index (κ2) is 9.92. The van der Waals surface area contributed by atoms with Crippen molar-refractivity contribution < 1.29 is 4.74 Å². The summed E-state index contributed by atoms with van der Waals surface area (Å²) in [5.41, 5.74) is 12.4. The number of rotatable bonds is 6. The van der Waals surface area contributed by atoms with Gasteiger partial charge in [-0.2, -0.15) is 0 Å². The molecule has 150 valence electrons. The normalized spacial score (nSPS) is 11.8. The first-order valence-electron chi connectivity index (χ1n) is 10.3. The van der Waals surface area contributed by atoms with Gasteiger partial charge in [0.25, 0.3) is 0 Å². The van der Waals surface area contributed by atoms with Gasteiger partial charge in [0.1, 0.15) is 11.5 Å². The lowest BCUT2D eigenvalue weighted by atomic mass is 10.0. The van der Waals surface area contributed by atoms with Gasteiger partial charge in [-0.15, -0.1) is 0 Å². The van der Waals surface area contributed by atoms with E-state index in [4.69, 9.17) is 10.5 Å². The highest BCUT2D eigenvalue weighted by Gasteiger charge is 2.20. The van der Waals surface area contributed by atoms with E-state index >= 15 is 0 Å². The maximum absolute atomic E-state index is 5.83. The summed E-state index contributed by atoms with van der Waals surface area (Å²) in [6.45, 7) is 7.18. The number of nitrogens with zero attached hydrogens (tertiary/aromatic N) is 1. The Labute approximate surface area is 174 Å². The topological polar surface area (TPSA) is 47.6 Å². The zero-order chi connectivity index (χ0) is 20.6. The number of hydrogen-bond donors (Lipinski definition) is 1. The van der Waals surface area contributed by atoms with Gasteiger partial charge >= 0.3 is 0 Å². The molecule has 3 aromatic carbocycles. The summed E-state index contributed by atoms with van der Waals surface area (Å²) in [5.74, 6) is 2.80. The molecule has 4 rings (SSSR count). The second-order valence-corrected chi connectivity index (χ2v) is 7.47. The number of fused-ring (bicyclic) bond motifs is 2. The quantitative estimate of drug-likeness (QED) is 0.326. The van der Waals surface area contributed by atoms with Gasteiger partial charge < -0.3 is 10.5 Å². The van der Waals surface area contributed by atoms with Crippen molar-refractivity contribution in [2.45, 2.75) is 40.0 Å². The van der Waals surface area contributed by atoms with Gasteiger partial charge in [-0.05, 0) is 54.7 Å². The monoisotopic (exact) mass is 386 g/mol. The van der Waals surface area contributed by atoms with Crippen LogP contribution in [0.3, 0.4) is 0 Å². The lowest BCUT2D eigenvalue weighted by molar-refractivity contribution is 0.422. The van der Waals surface area contributed by atoms with E-state index in [0.29, 0.717) is 0 Å². The van der Waals surface area contributed by atoms with Crippen LogP contribution in [0.1, 0.15) is 41.2 Å². The second-order valence-electron chi connectivity index (χ2n) is 7.47. The zero-order valence-electron chi connectivity index (χ0n) is 17.6. The predicted octanol–water partition coefficient (Wildman–Crippen LogP) is 6.00. The molecule has 0 unspecified atom stereocenters. The van der Waals surface area contributed by atoms with Crippen molar-refractivity contribution in [3.63, 3.8) is 0 Å². The van der Waals surface area contributed by atoms with Gasteiger partial charge in [0, 0.05) is 24.9 Å². The van der Waals surface area contributed by atoms with Crippen LogP contribution < -0.4 is 10.5 Å². The molecule has 2 N–H and O–H groups in total. The molecule has 0 atom stereocenters. The van der Waals surface area contributed by atoms with E-state index in [1.807, 2.05) is 24.3 Å². The number of amidine groups is 1. The van der Waals surface area contributed by atoms with E-state index in [-0.39, 0.29) is 0 Å². The molecule has 2 bridgehead atoms. The molecule has 1 aliphatic heterocycles. The van der Waals surface area contributed by atoms with E-state index in [1.165, 1.54) is 27.8 Å². The zero-order valence-corrected chi connectivity index (χ0v) is 17.6. The number of hydrogen-bond acceptors (Lipinski definition) is 2. The summed E-state index contributed by atoms with van der Waals surface area (Å²) in [6, 6.07) is 23.0. The van der Waals surface area contributed by atoms with Crippen molar-refractivity contribution in [3.05, 3.63) is 94.5 Å². The van der Waals surface area contributed by atoms with Crippen molar-refractivity contribution in [3.8, 4) is 11.5 Å². The highest BCUT2D eigenvalue weighted by atomic mass is 16.5. The summed E-state index contributed by atoms with van der Waals surface area (Å²) in [7, 11) is 0. The summed E-state index contributed by atoms with van der Waals surface area (Å²) in [4.78, 5) is 4.28. The molecule has 3 heteroatoms. The molecule has 0 fully saturated rings. The van der Waals surface area contributed by atoms with Crippen molar-refractivity contribution in [2.75, 3.05) is 6.54 Å². The molecular weight excluding hydrogens is 356 g/mol. The molecule has 1 aliphatic rings. The highest BCUT2D eigenvalue weighted by Crippen LogP contribution is 2.42. The van der Waals surface area contributed by atoms with E-state index in [2.05, 4.69) is 68.2 Å². The van der Waals surface area contributed by atoms with Crippen molar-refractivity contribution in [1.82, 2.24) is 0 Å². The maximum Gasteiger partial charge on any atom is 0.134 e. The minimum Gasteiger partial charge on any atom is -0.456 e. The Kier molecular flexibility index (Phi) is 7.07. The molecule has 0 aromatic heterocycles. The fourth-order valence-electron chi connectivity index (χ4n) is 3.22. The number of aliphatic imine (C=N–C) groups is 1. The summed E-state index contributed by atoms with van der Waals surface area (Å²) in [6.07, 6.45) is 2.79. The van der Waals surface area contributed by atoms with E-state index in [1.54, 1.807) is 0 Å². The van der Waals surface area contributed by atoms with Crippen LogP contribution in [-0.4, -0.2) is 12.4 Å². The summed E-state index contributed by atoms with van der Waals surface area (Å²) in [5, 5.41) is 0. The molecular formula is C26H30N2O. The number of benzene rings is 3. The Bertz CT molecular complexity index is 957. The lowest BCUT2D eigenvalue weighted by Crippen LogP contribution is -2.15. The molecule has 3 nitrogen and oxygen atoms in total. The van der Waals surface area contributed by atoms with Crippen molar-refractivity contribution in [2.24, 2.45) is 10.7 Å². The molecule has 0 spiro atoms. The number of aryl methyl sites for hydroxylation is 2. The molecule has 0 radical (unpaired) electrons. The van der Waals surface area contributed by atoms with E-state index in [0.717, 1.165) is 43.1 Å². The Morgan fingerprint density at radius 2 is 1.59 bits per heavy atom. The summed E-state index contributed by atoms with van der Waals surface area (Å²) >= 11 is 0. The van der Waals surface area contributed by atoms with Crippen LogP contribution in [0.4, 0.5) is 0 Å². The molecule has 0 saturated heterocycles. The van der Waals surface area contributed by atoms with Gasteiger partial charge in [0.05, 0.1) is 5.84 Å². The van der Waals surface area contributed by atoms with Crippen molar-refractivity contribution in [1.29, 1.82) is 0 Å². The third kappa shape index (κ3) is 5.71. The molecule has 3 aromatic rings. The van der Waals surface area contributed by atoms with Gasteiger partial charge in [0.15, 0.2) is 0 Å². The largest absolute Gasteiger partial charge is 0.456 e.